The highest BCUT2D eigenvalue weighted by Gasteiger charge is 2.76. The average Bonchev–Trinajstić information content (AvgIpc) is 2.36. The Morgan fingerprint density at radius 3 is 2.00 bits per heavy atom. The van der Waals surface area contributed by atoms with Crippen LogP contribution in [0.3, 0.4) is 0 Å². The zero-order valence-electron chi connectivity index (χ0n) is 9.61. The van der Waals surface area contributed by atoms with Crippen molar-refractivity contribution in [2.24, 2.45) is 0 Å². The summed E-state index contributed by atoms with van der Waals surface area (Å²) in [6, 6.07) is 1.90. The van der Waals surface area contributed by atoms with E-state index in [1.54, 1.807) is 0 Å². The Morgan fingerprint density at radius 2 is 1.57 bits per heavy atom. The second-order valence-corrected chi connectivity index (χ2v) is 3.78. The standard InChI is InChI=1S/C11H3F8NO/c12-7-2-1-5(3-6(7)4-20)8(21)9(13,14)10(15,16)11(17,18)19/h1-3H. The molecule has 10 heteroatoms. The molecule has 1 rings (SSSR count). The minimum Gasteiger partial charge on any atom is -0.287 e. The van der Waals surface area contributed by atoms with Gasteiger partial charge < -0.3 is 0 Å². The van der Waals surface area contributed by atoms with Crippen LogP contribution >= 0.6 is 0 Å². The van der Waals surface area contributed by atoms with Gasteiger partial charge in [0.2, 0.25) is 5.78 Å². The number of ketones is 1. The molecule has 0 saturated heterocycles. The lowest BCUT2D eigenvalue weighted by molar-refractivity contribution is -0.339. The van der Waals surface area contributed by atoms with Crippen molar-refractivity contribution in [2.75, 3.05) is 0 Å². The Kier molecular flexibility index (Phi) is 4.00. The molecule has 21 heavy (non-hydrogen) atoms. The van der Waals surface area contributed by atoms with Crippen LogP contribution in [0.4, 0.5) is 35.1 Å². The van der Waals surface area contributed by atoms with Crippen LogP contribution in [0.1, 0.15) is 15.9 Å². The van der Waals surface area contributed by atoms with Gasteiger partial charge in [0, 0.05) is 5.56 Å². The van der Waals surface area contributed by atoms with Crippen molar-refractivity contribution in [3.05, 3.63) is 35.1 Å². The maximum absolute atomic E-state index is 13.1. The molecule has 0 unspecified atom stereocenters. The fourth-order valence-electron chi connectivity index (χ4n) is 1.25. The minimum absolute atomic E-state index is 0.165. The Morgan fingerprint density at radius 1 is 1.05 bits per heavy atom. The predicted molar refractivity (Wildman–Crippen MR) is 51.4 cm³/mol. The van der Waals surface area contributed by atoms with E-state index in [0.717, 1.165) is 6.07 Å². The summed E-state index contributed by atoms with van der Waals surface area (Å²) in [6.07, 6.45) is -6.66. The van der Waals surface area contributed by atoms with Gasteiger partial charge in [-0.15, -0.1) is 0 Å². The van der Waals surface area contributed by atoms with Crippen LogP contribution in [0.25, 0.3) is 0 Å². The van der Waals surface area contributed by atoms with E-state index in [2.05, 4.69) is 0 Å². The third-order valence-corrected chi connectivity index (χ3v) is 2.38. The van der Waals surface area contributed by atoms with Crippen molar-refractivity contribution in [1.29, 1.82) is 5.26 Å². The summed E-state index contributed by atoms with van der Waals surface area (Å²) in [5, 5.41) is 8.40. The number of Topliss-reactive ketones (excluding diaryl/α,β-unsaturated/α-hetero) is 1. The number of carbonyl (C=O) groups is 1. The van der Waals surface area contributed by atoms with Crippen LogP contribution in [-0.2, 0) is 0 Å². The predicted octanol–water partition coefficient (Wildman–Crippen LogP) is 3.71. The molecule has 0 amide bonds. The summed E-state index contributed by atoms with van der Waals surface area (Å²) >= 11 is 0. The molecular formula is C11H3F8NO. The van der Waals surface area contributed by atoms with Crippen molar-refractivity contribution in [3.8, 4) is 6.07 Å². The third kappa shape index (κ3) is 2.68. The molecule has 0 N–H and O–H groups in total. The monoisotopic (exact) mass is 317 g/mol. The van der Waals surface area contributed by atoms with E-state index >= 15 is 0 Å². The third-order valence-electron chi connectivity index (χ3n) is 2.38. The molecule has 0 bridgehead atoms. The van der Waals surface area contributed by atoms with Gasteiger partial charge in [0.1, 0.15) is 11.9 Å². The lowest BCUT2D eigenvalue weighted by Gasteiger charge is -2.27. The second-order valence-electron chi connectivity index (χ2n) is 3.78. The number of benzene rings is 1. The Balaban J connectivity index is 3.34. The maximum atomic E-state index is 13.1. The SMILES string of the molecule is N#Cc1cc(C(=O)C(F)(F)C(F)(F)C(F)(F)F)ccc1F. The molecule has 0 spiro atoms. The van der Waals surface area contributed by atoms with E-state index in [-0.39, 0.29) is 12.1 Å². The Bertz CT molecular complexity index is 614. The van der Waals surface area contributed by atoms with Crippen LogP contribution in [0.5, 0.6) is 0 Å². The number of halogens is 8. The smallest absolute Gasteiger partial charge is 0.287 e. The summed E-state index contributed by atoms with van der Waals surface area (Å²) < 4.78 is 100. The van der Waals surface area contributed by atoms with Gasteiger partial charge in [-0.2, -0.15) is 36.0 Å². The molecular weight excluding hydrogens is 314 g/mol. The summed E-state index contributed by atoms with van der Waals surface area (Å²) in [5.74, 6) is -16.8. The lowest BCUT2D eigenvalue weighted by Crippen LogP contribution is -2.56. The molecule has 0 fully saturated rings. The second kappa shape index (κ2) is 4.98. The van der Waals surface area contributed by atoms with Gasteiger partial charge in [-0.25, -0.2) is 4.39 Å². The quantitative estimate of drug-likeness (QED) is 0.630. The van der Waals surface area contributed by atoms with E-state index in [1.165, 1.54) is 0 Å². The summed E-state index contributed by atoms with van der Waals surface area (Å²) in [7, 11) is 0. The van der Waals surface area contributed by atoms with Crippen LogP contribution < -0.4 is 0 Å². The summed E-state index contributed by atoms with van der Waals surface area (Å²) in [5.41, 5.74) is -2.30. The van der Waals surface area contributed by atoms with Crippen molar-refractivity contribution in [3.63, 3.8) is 0 Å². The zero-order chi connectivity index (χ0) is 16.6. The molecule has 0 saturated carbocycles. The molecule has 0 heterocycles. The summed E-state index contributed by atoms with van der Waals surface area (Å²) in [6.45, 7) is 0. The van der Waals surface area contributed by atoms with Crippen molar-refractivity contribution in [1.82, 2.24) is 0 Å². The molecule has 0 aromatic heterocycles. The van der Waals surface area contributed by atoms with Crippen LogP contribution in [0.2, 0.25) is 0 Å². The van der Waals surface area contributed by atoms with Gasteiger partial charge in [0.15, 0.2) is 0 Å². The first kappa shape index (κ1) is 16.9. The molecule has 0 aliphatic carbocycles. The zero-order valence-corrected chi connectivity index (χ0v) is 9.61. The molecule has 0 radical (unpaired) electrons. The number of nitriles is 1. The van der Waals surface area contributed by atoms with Gasteiger partial charge >= 0.3 is 18.0 Å². The van der Waals surface area contributed by atoms with E-state index in [0.29, 0.717) is 6.07 Å². The van der Waals surface area contributed by atoms with E-state index in [9.17, 15) is 39.9 Å². The first-order chi connectivity index (χ1) is 9.36. The highest BCUT2D eigenvalue weighted by Crippen LogP contribution is 2.47. The van der Waals surface area contributed by atoms with Crippen molar-refractivity contribution in [2.45, 2.75) is 18.0 Å². The molecule has 0 aliphatic rings. The van der Waals surface area contributed by atoms with Crippen LogP contribution in [-0.4, -0.2) is 23.8 Å². The largest absolute Gasteiger partial charge is 0.460 e. The number of hydrogen-bond acceptors (Lipinski definition) is 2. The van der Waals surface area contributed by atoms with Crippen molar-refractivity contribution >= 4 is 5.78 Å². The molecule has 0 aliphatic heterocycles. The lowest BCUT2D eigenvalue weighted by atomic mass is 9.98. The van der Waals surface area contributed by atoms with Gasteiger partial charge in [-0.05, 0) is 18.2 Å². The molecule has 114 valence electrons. The van der Waals surface area contributed by atoms with E-state index in [4.69, 9.17) is 5.26 Å². The van der Waals surface area contributed by atoms with E-state index < -0.39 is 40.7 Å². The normalized spacial score (nSPS) is 12.9. The highest BCUT2D eigenvalue weighted by atomic mass is 19.4. The van der Waals surface area contributed by atoms with Crippen LogP contribution in [0.15, 0.2) is 18.2 Å². The molecule has 1 aromatic rings. The highest BCUT2D eigenvalue weighted by molar-refractivity contribution is 6.02. The molecule has 1 aromatic carbocycles. The number of nitrogens with zero attached hydrogens (tertiary/aromatic N) is 1. The van der Waals surface area contributed by atoms with Crippen molar-refractivity contribution < 1.29 is 39.9 Å². The molecule has 0 atom stereocenters. The number of carbonyl (C=O) groups excluding carboxylic acids is 1. The average molecular weight is 317 g/mol. The fourth-order valence-corrected chi connectivity index (χ4v) is 1.25. The van der Waals surface area contributed by atoms with Gasteiger partial charge in [-0.1, -0.05) is 0 Å². The maximum Gasteiger partial charge on any atom is 0.460 e. The summed E-state index contributed by atoms with van der Waals surface area (Å²) in [4.78, 5) is 11.2. The first-order valence-corrected chi connectivity index (χ1v) is 4.93. The first-order valence-electron chi connectivity index (χ1n) is 4.93. The van der Waals surface area contributed by atoms with Gasteiger partial charge in [-0.3, -0.25) is 4.79 Å². The Hall–Kier alpha value is -2.18. The van der Waals surface area contributed by atoms with Gasteiger partial charge in [0.05, 0.1) is 5.56 Å². The fraction of sp³-hybridized carbons (Fsp3) is 0.273. The van der Waals surface area contributed by atoms with Gasteiger partial charge in [0.25, 0.3) is 0 Å². The molecule has 2 nitrogen and oxygen atoms in total. The van der Waals surface area contributed by atoms with Crippen LogP contribution in [0, 0.1) is 17.1 Å². The number of hydrogen-bond donors (Lipinski definition) is 0. The minimum atomic E-state index is -6.66. The number of rotatable bonds is 3. The topological polar surface area (TPSA) is 40.9 Å². The Labute approximate surface area is 111 Å². The van der Waals surface area contributed by atoms with E-state index in [1.807, 2.05) is 0 Å². The number of alkyl halides is 7.